The Morgan fingerprint density at radius 2 is 2.31 bits per heavy atom. The van der Waals surface area contributed by atoms with Crippen molar-refractivity contribution in [2.45, 2.75) is 13.0 Å². The molecule has 0 spiro atoms. The van der Waals surface area contributed by atoms with Gasteiger partial charge in [-0.25, -0.2) is 0 Å². The Morgan fingerprint density at radius 1 is 1.50 bits per heavy atom. The van der Waals surface area contributed by atoms with Crippen molar-refractivity contribution in [2.24, 2.45) is 0 Å². The van der Waals surface area contributed by atoms with E-state index in [1.807, 2.05) is 6.92 Å². The van der Waals surface area contributed by atoms with Crippen LogP contribution >= 0.6 is 11.6 Å². The van der Waals surface area contributed by atoms with Gasteiger partial charge in [-0.15, -0.1) is 0 Å². The molecule has 0 bridgehead atoms. The van der Waals surface area contributed by atoms with Gasteiger partial charge >= 0.3 is 0 Å². The lowest BCUT2D eigenvalue weighted by molar-refractivity contribution is 0.0807. The maximum atomic E-state index is 5.82. The van der Waals surface area contributed by atoms with Crippen molar-refractivity contribution < 1.29 is 9.47 Å². The minimum atomic E-state index is -0.0368. The molecule has 0 aliphatic heterocycles. The molecule has 1 aromatic heterocycles. The SMILES string of the molecule is CCNCC(COC)Oc1cncc(Cl)c1. The molecule has 4 nitrogen and oxygen atoms in total. The first-order chi connectivity index (χ1) is 7.76. The summed E-state index contributed by atoms with van der Waals surface area (Å²) in [5, 5.41) is 3.78. The van der Waals surface area contributed by atoms with Crippen LogP contribution in [0.2, 0.25) is 5.02 Å². The summed E-state index contributed by atoms with van der Waals surface area (Å²) in [7, 11) is 1.65. The molecule has 16 heavy (non-hydrogen) atoms. The molecule has 1 rings (SSSR count). The molecule has 0 aromatic carbocycles. The van der Waals surface area contributed by atoms with Crippen LogP contribution in [-0.4, -0.2) is 37.9 Å². The fourth-order valence-corrected chi connectivity index (χ4v) is 1.44. The number of likely N-dealkylation sites (N-methyl/N-ethyl adjacent to an activating group) is 1. The summed E-state index contributed by atoms with van der Waals surface area (Å²) in [4.78, 5) is 3.96. The van der Waals surface area contributed by atoms with Crippen molar-refractivity contribution in [3.8, 4) is 5.75 Å². The summed E-state index contributed by atoms with van der Waals surface area (Å²) in [5.41, 5.74) is 0. The van der Waals surface area contributed by atoms with Crippen LogP contribution in [-0.2, 0) is 4.74 Å². The Kier molecular flexibility index (Phi) is 6.15. The Balaban J connectivity index is 2.52. The molecule has 0 aliphatic carbocycles. The van der Waals surface area contributed by atoms with Crippen LogP contribution in [0.25, 0.3) is 0 Å². The molecule has 0 radical (unpaired) electrons. The smallest absolute Gasteiger partial charge is 0.139 e. The first-order valence-corrected chi connectivity index (χ1v) is 5.61. The molecule has 1 N–H and O–H groups in total. The van der Waals surface area contributed by atoms with Gasteiger partial charge in [0.2, 0.25) is 0 Å². The highest BCUT2D eigenvalue weighted by atomic mass is 35.5. The zero-order valence-electron chi connectivity index (χ0n) is 9.57. The minimum absolute atomic E-state index is 0.0368. The second kappa shape index (κ2) is 7.44. The zero-order chi connectivity index (χ0) is 11.8. The van der Waals surface area contributed by atoms with E-state index in [0.29, 0.717) is 17.4 Å². The molecule has 1 atom stereocenters. The van der Waals surface area contributed by atoms with Crippen molar-refractivity contribution in [3.63, 3.8) is 0 Å². The predicted octanol–water partition coefficient (Wildman–Crippen LogP) is 1.74. The second-order valence-corrected chi connectivity index (χ2v) is 3.78. The second-order valence-electron chi connectivity index (χ2n) is 3.34. The number of nitrogens with one attached hydrogen (secondary N) is 1. The van der Waals surface area contributed by atoms with Crippen molar-refractivity contribution >= 4 is 11.6 Å². The van der Waals surface area contributed by atoms with Crippen molar-refractivity contribution in [1.82, 2.24) is 10.3 Å². The number of hydrogen-bond acceptors (Lipinski definition) is 4. The normalized spacial score (nSPS) is 12.4. The fraction of sp³-hybridized carbons (Fsp3) is 0.545. The van der Waals surface area contributed by atoms with E-state index in [4.69, 9.17) is 21.1 Å². The van der Waals surface area contributed by atoms with Crippen LogP contribution in [0.1, 0.15) is 6.92 Å². The molecule has 90 valence electrons. The lowest BCUT2D eigenvalue weighted by Crippen LogP contribution is -2.34. The lowest BCUT2D eigenvalue weighted by Gasteiger charge is -2.18. The first kappa shape index (κ1) is 13.2. The highest BCUT2D eigenvalue weighted by Crippen LogP contribution is 2.16. The van der Waals surface area contributed by atoms with E-state index in [1.54, 1.807) is 25.6 Å². The van der Waals surface area contributed by atoms with Gasteiger partial charge < -0.3 is 14.8 Å². The van der Waals surface area contributed by atoms with E-state index in [-0.39, 0.29) is 6.10 Å². The number of rotatable bonds is 7. The van der Waals surface area contributed by atoms with E-state index in [1.165, 1.54) is 0 Å². The molecule has 0 aliphatic rings. The summed E-state index contributed by atoms with van der Waals surface area (Å²) < 4.78 is 10.8. The quantitative estimate of drug-likeness (QED) is 0.794. The Labute approximate surface area is 101 Å². The number of methoxy groups -OCH3 is 1. The number of halogens is 1. The molecule has 0 saturated heterocycles. The van der Waals surface area contributed by atoms with Crippen LogP contribution in [0.3, 0.4) is 0 Å². The molecule has 0 fully saturated rings. The maximum absolute atomic E-state index is 5.82. The van der Waals surface area contributed by atoms with Crippen molar-refractivity contribution in [1.29, 1.82) is 0 Å². The van der Waals surface area contributed by atoms with Crippen molar-refractivity contribution in [2.75, 3.05) is 26.8 Å². The van der Waals surface area contributed by atoms with Gasteiger partial charge in [0, 0.05) is 25.9 Å². The fourth-order valence-electron chi connectivity index (χ4n) is 1.28. The van der Waals surface area contributed by atoms with E-state index >= 15 is 0 Å². The van der Waals surface area contributed by atoms with Gasteiger partial charge in [-0.05, 0) is 6.54 Å². The number of nitrogens with zero attached hydrogens (tertiary/aromatic N) is 1. The van der Waals surface area contributed by atoms with Crippen molar-refractivity contribution in [3.05, 3.63) is 23.5 Å². The number of ether oxygens (including phenoxy) is 2. The number of pyridine rings is 1. The van der Waals surface area contributed by atoms with Crippen LogP contribution < -0.4 is 10.1 Å². The summed E-state index contributed by atoms with van der Waals surface area (Å²) >= 11 is 5.82. The van der Waals surface area contributed by atoms with Crippen LogP contribution in [0.4, 0.5) is 0 Å². The monoisotopic (exact) mass is 244 g/mol. The molecule has 5 heteroatoms. The molecule has 1 aromatic rings. The molecule has 1 heterocycles. The summed E-state index contributed by atoms with van der Waals surface area (Å²) in [6.45, 7) is 4.21. The van der Waals surface area contributed by atoms with Gasteiger partial charge in [-0.3, -0.25) is 4.98 Å². The van der Waals surface area contributed by atoms with E-state index in [9.17, 15) is 0 Å². The highest BCUT2D eigenvalue weighted by molar-refractivity contribution is 6.30. The highest BCUT2D eigenvalue weighted by Gasteiger charge is 2.09. The van der Waals surface area contributed by atoms with E-state index in [0.717, 1.165) is 13.1 Å². The Hall–Kier alpha value is -0.840. The standard InChI is InChI=1S/C11H17ClN2O2/c1-3-13-7-11(8-15-2)16-10-4-9(12)5-14-6-10/h4-6,11,13H,3,7-8H2,1-2H3. The Bertz CT molecular complexity index is 310. The van der Waals surface area contributed by atoms with Gasteiger partial charge in [-0.2, -0.15) is 0 Å². The zero-order valence-corrected chi connectivity index (χ0v) is 10.3. The van der Waals surface area contributed by atoms with Crippen LogP contribution in [0.5, 0.6) is 5.75 Å². The topological polar surface area (TPSA) is 43.4 Å². The third-order valence-corrected chi connectivity index (χ3v) is 2.16. The third-order valence-electron chi connectivity index (χ3n) is 1.96. The van der Waals surface area contributed by atoms with Gasteiger partial charge in [0.05, 0.1) is 17.8 Å². The molecular weight excluding hydrogens is 228 g/mol. The minimum Gasteiger partial charge on any atom is -0.485 e. The largest absolute Gasteiger partial charge is 0.485 e. The van der Waals surface area contributed by atoms with E-state index < -0.39 is 0 Å². The van der Waals surface area contributed by atoms with Crippen LogP contribution in [0.15, 0.2) is 18.5 Å². The molecule has 0 amide bonds. The molecular formula is C11H17ClN2O2. The van der Waals surface area contributed by atoms with Gasteiger partial charge in [0.15, 0.2) is 0 Å². The lowest BCUT2D eigenvalue weighted by atomic mass is 10.3. The summed E-state index contributed by atoms with van der Waals surface area (Å²) in [6.07, 6.45) is 3.18. The van der Waals surface area contributed by atoms with Gasteiger partial charge in [-0.1, -0.05) is 18.5 Å². The molecule has 1 unspecified atom stereocenters. The maximum Gasteiger partial charge on any atom is 0.139 e. The Morgan fingerprint density at radius 3 is 2.94 bits per heavy atom. The number of aromatic nitrogens is 1. The van der Waals surface area contributed by atoms with E-state index in [2.05, 4.69) is 10.3 Å². The average Bonchev–Trinajstić information content (AvgIpc) is 2.26. The summed E-state index contributed by atoms with van der Waals surface area (Å²) in [5.74, 6) is 0.660. The average molecular weight is 245 g/mol. The molecule has 0 saturated carbocycles. The first-order valence-electron chi connectivity index (χ1n) is 5.23. The summed E-state index contributed by atoms with van der Waals surface area (Å²) in [6, 6.07) is 1.74. The van der Waals surface area contributed by atoms with Gasteiger partial charge in [0.25, 0.3) is 0 Å². The van der Waals surface area contributed by atoms with Gasteiger partial charge in [0.1, 0.15) is 11.9 Å². The van der Waals surface area contributed by atoms with Crippen LogP contribution in [0, 0.1) is 0 Å². The number of hydrogen-bond donors (Lipinski definition) is 1. The third kappa shape index (κ3) is 4.79. The predicted molar refractivity (Wildman–Crippen MR) is 64.1 cm³/mol.